The maximum absolute atomic E-state index is 5.93. The maximum Gasteiger partial charge on any atom is 0.119 e. The van der Waals surface area contributed by atoms with Crippen LogP contribution < -0.4 is 15.6 Å². The third-order valence-corrected chi connectivity index (χ3v) is 4.44. The average Bonchev–Trinajstić information content (AvgIpc) is 2.74. The Labute approximate surface area is 159 Å². The lowest BCUT2D eigenvalue weighted by Gasteiger charge is -2.10. The molecule has 3 heteroatoms. The number of hydrogen-bond donors (Lipinski definition) is 2. The lowest BCUT2D eigenvalue weighted by Crippen LogP contribution is -2.20. The number of hydrogen-bond acceptors (Lipinski definition) is 3. The molecule has 0 aliphatic carbocycles. The Bertz CT molecular complexity index is 997. The second-order valence-corrected chi connectivity index (χ2v) is 6.46. The summed E-state index contributed by atoms with van der Waals surface area (Å²) in [5.41, 5.74) is 9.82. The van der Waals surface area contributed by atoms with Gasteiger partial charge in [-0.3, -0.25) is 0 Å². The number of nitrogens with one attached hydrogen (secondary N) is 2. The van der Waals surface area contributed by atoms with Crippen molar-refractivity contribution in [1.29, 1.82) is 0 Å². The number of anilines is 1. The molecule has 0 radical (unpaired) electrons. The summed E-state index contributed by atoms with van der Waals surface area (Å²) >= 11 is 0. The summed E-state index contributed by atoms with van der Waals surface area (Å²) in [6.45, 7) is 1.30. The van der Waals surface area contributed by atoms with Crippen molar-refractivity contribution in [1.82, 2.24) is 5.43 Å². The minimum absolute atomic E-state index is 0.567. The topological polar surface area (TPSA) is 33.3 Å². The summed E-state index contributed by atoms with van der Waals surface area (Å²) in [6, 6.07) is 33.1. The molecule has 4 aromatic rings. The van der Waals surface area contributed by atoms with Crippen LogP contribution in [0.2, 0.25) is 0 Å². The third kappa shape index (κ3) is 4.66. The molecular formula is C24H22N2O. The first-order valence-corrected chi connectivity index (χ1v) is 9.10. The summed E-state index contributed by atoms with van der Waals surface area (Å²) in [7, 11) is 0. The van der Waals surface area contributed by atoms with Gasteiger partial charge in [-0.15, -0.1) is 0 Å². The van der Waals surface area contributed by atoms with E-state index in [0.29, 0.717) is 6.61 Å². The molecule has 0 aliphatic rings. The zero-order valence-electron chi connectivity index (χ0n) is 15.1. The Balaban J connectivity index is 1.29. The van der Waals surface area contributed by atoms with Gasteiger partial charge in [-0.05, 0) is 52.2 Å². The van der Waals surface area contributed by atoms with E-state index >= 15 is 0 Å². The monoisotopic (exact) mass is 354 g/mol. The molecule has 0 unspecified atom stereocenters. The highest BCUT2D eigenvalue weighted by Gasteiger charge is 2.00. The fourth-order valence-electron chi connectivity index (χ4n) is 2.97. The molecule has 0 heterocycles. The summed E-state index contributed by atoms with van der Waals surface area (Å²) in [5.74, 6) is 0.878. The van der Waals surface area contributed by atoms with Crippen LogP contribution in [-0.4, -0.2) is 0 Å². The van der Waals surface area contributed by atoms with Gasteiger partial charge in [0.05, 0.1) is 0 Å². The number of rotatable bonds is 7. The molecule has 0 bridgehead atoms. The van der Waals surface area contributed by atoms with E-state index in [-0.39, 0.29) is 0 Å². The van der Waals surface area contributed by atoms with E-state index in [0.717, 1.165) is 18.0 Å². The Morgan fingerprint density at radius 3 is 2.15 bits per heavy atom. The largest absolute Gasteiger partial charge is 0.489 e. The molecule has 0 aliphatic heterocycles. The van der Waals surface area contributed by atoms with Gasteiger partial charge in [0.15, 0.2) is 0 Å². The Kier molecular flexibility index (Phi) is 5.32. The fraction of sp³-hybridized carbons (Fsp3) is 0.0833. The van der Waals surface area contributed by atoms with Crippen molar-refractivity contribution in [3.63, 3.8) is 0 Å². The second-order valence-electron chi connectivity index (χ2n) is 6.46. The molecule has 27 heavy (non-hydrogen) atoms. The minimum Gasteiger partial charge on any atom is -0.489 e. The highest BCUT2D eigenvalue weighted by Crippen LogP contribution is 2.18. The van der Waals surface area contributed by atoms with E-state index in [1.165, 1.54) is 21.9 Å². The van der Waals surface area contributed by atoms with Crippen LogP contribution in [0.25, 0.3) is 10.8 Å². The molecule has 3 nitrogen and oxygen atoms in total. The average molecular weight is 354 g/mol. The predicted molar refractivity (Wildman–Crippen MR) is 112 cm³/mol. The van der Waals surface area contributed by atoms with Crippen LogP contribution in [0.15, 0.2) is 97.1 Å². The van der Waals surface area contributed by atoms with Gasteiger partial charge in [-0.1, -0.05) is 66.7 Å². The van der Waals surface area contributed by atoms with Gasteiger partial charge in [0.25, 0.3) is 0 Å². The highest BCUT2D eigenvalue weighted by atomic mass is 16.5. The Morgan fingerprint density at radius 2 is 1.33 bits per heavy atom. The first kappa shape index (κ1) is 17.1. The number of ether oxygens (including phenoxy) is 1. The zero-order chi connectivity index (χ0) is 18.3. The lowest BCUT2D eigenvalue weighted by molar-refractivity contribution is 0.306. The van der Waals surface area contributed by atoms with E-state index < -0.39 is 0 Å². The van der Waals surface area contributed by atoms with Crippen molar-refractivity contribution < 1.29 is 4.74 Å². The van der Waals surface area contributed by atoms with Crippen LogP contribution in [-0.2, 0) is 13.2 Å². The molecule has 0 saturated carbocycles. The fourth-order valence-corrected chi connectivity index (χ4v) is 2.97. The number of hydrazine groups is 1. The molecule has 0 atom stereocenters. The zero-order valence-corrected chi connectivity index (χ0v) is 15.1. The van der Waals surface area contributed by atoms with Crippen molar-refractivity contribution in [3.05, 3.63) is 108 Å². The first-order valence-electron chi connectivity index (χ1n) is 9.10. The first-order chi connectivity index (χ1) is 13.4. The summed E-state index contributed by atoms with van der Waals surface area (Å²) in [6.07, 6.45) is 0. The standard InChI is InChI=1S/C24H22N2O/c1-2-8-23(9-3-1)26-25-17-19-11-14-24(15-12-19)27-18-20-10-13-21-6-4-5-7-22(21)16-20/h1-16,25-26H,17-18H2. The number of para-hydroxylation sites is 1. The summed E-state index contributed by atoms with van der Waals surface area (Å²) in [4.78, 5) is 0. The predicted octanol–water partition coefficient (Wildman–Crippen LogP) is 5.54. The van der Waals surface area contributed by atoms with Gasteiger partial charge in [0.1, 0.15) is 12.4 Å². The Morgan fingerprint density at radius 1 is 0.630 bits per heavy atom. The molecule has 0 amide bonds. The second kappa shape index (κ2) is 8.39. The molecule has 0 aromatic heterocycles. The van der Waals surface area contributed by atoms with Crippen molar-refractivity contribution >= 4 is 16.5 Å². The van der Waals surface area contributed by atoms with Gasteiger partial charge >= 0.3 is 0 Å². The van der Waals surface area contributed by atoms with Crippen molar-refractivity contribution in [2.24, 2.45) is 0 Å². The smallest absolute Gasteiger partial charge is 0.119 e. The minimum atomic E-state index is 0.567. The van der Waals surface area contributed by atoms with Crippen LogP contribution in [0, 0.1) is 0 Å². The molecular weight excluding hydrogens is 332 g/mol. The molecule has 134 valence electrons. The van der Waals surface area contributed by atoms with Crippen LogP contribution >= 0.6 is 0 Å². The van der Waals surface area contributed by atoms with Gasteiger partial charge in [-0.25, -0.2) is 5.43 Å². The number of benzene rings is 4. The lowest BCUT2D eigenvalue weighted by atomic mass is 10.1. The molecule has 4 aromatic carbocycles. The molecule has 0 spiro atoms. The van der Waals surface area contributed by atoms with Crippen molar-refractivity contribution in [2.75, 3.05) is 5.43 Å². The molecule has 0 fully saturated rings. The number of fused-ring (bicyclic) bond motifs is 1. The van der Waals surface area contributed by atoms with Crippen molar-refractivity contribution in [3.8, 4) is 5.75 Å². The van der Waals surface area contributed by atoms with E-state index in [2.05, 4.69) is 65.4 Å². The van der Waals surface area contributed by atoms with Gasteiger partial charge in [0.2, 0.25) is 0 Å². The van der Waals surface area contributed by atoms with Crippen LogP contribution in [0.3, 0.4) is 0 Å². The van der Waals surface area contributed by atoms with E-state index in [4.69, 9.17) is 4.74 Å². The Hall–Kier alpha value is -3.30. The summed E-state index contributed by atoms with van der Waals surface area (Å²) in [5, 5.41) is 2.49. The summed E-state index contributed by atoms with van der Waals surface area (Å²) < 4.78 is 5.93. The highest BCUT2D eigenvalue weighted by molar-refractivity contribution is 5.82. The maximum atomic E-state index is 5.93. The normalized spacial score (nSPS) is 10.7. The van der Waals surface area contributed by atoms with Gasteiger partial charge < -0.3 is 10.2 Å². The van der Waals surface area contributed by atoms with Gasteiger partial charge in [-0.2, -0.15) is 0 Å². The van der Waals surface area contributed by atoms with E-state index in [1.54, 1.807) is 0 Å². The van der Waals surface area contributed by atoms with Crippen LogP contribution in [0.4, 0.5) is 5.69 Å². The van der Waals surface area contributed by atoms with E-state index in [9.17, 15) is 0 Å². The van der Waals surface area contributed by atoms with Crippen molar-refractivity contribution in [2.45, 2.75) is 13.2 Å². The van der Waals surface area contributed by atoms with Crippen LogP contribution in [0.1, 0.15) is 11.1 Å². The quantitative estimate of drug-likeness (QED) is 0.428. The molecule has 0 saturated heterocycles. The molecule has 4 rings (SSSR count). The van der Waals surface area contributed by atoms with Gasteiger partial charge in [0, 0.05) is 12.2 Å². The van der Waals surface area contributed by atoms with Crippen LogP contribution in [0.5, 0.6) is 5.75 Å². The third-order valence-electron chi connectivity index (χ3n) is 4.44. The molecule has 2 N–H and O–H groups in total. The van der Waals surface area contributed by atoms with E-state index in [1.807, 2.05) is 42.5 Å². The SMILES string of the molecule is c1ccc(NNCc2ccc(OCc3ccc4ccccc4c3)cc2)cc1.